The van der Waals surface area contributed by atoms with E-state index >= 15 is 0 Å². The van der Waals surface area contributed by atoms with Gasteiger partial charge in [0.1, 0.15) is 18.1 Å². The molecule has 17 heavy (non-hydrogen) atoms. The Morgan fingerprint density at radius 1 is 1.18 bits per heavy atom. The van der Waals surface area contributed by atoms with Crippen molar-refractivity contribution in [2.45, 2.75) is 31.7 Å². The van der Waals surface area contributed by atoms with Gasteiger partial charge in [-0.05, 0) is 50.5 Å². The van der Waals surface area contributed by atoms with Crippen LogP contribution in [0.25, 0.3) is 0 Å². The van der Waals surface area contributed by atoms with E-state index in [2.05, 4.69) is 12.2 Å². The molecule has 0 unspecified atom stereocenters. The maximum absolute atomic E-state index is 5.65. The first-order valence-corrected chi connectivity index (χ1v) is 6.24. The van der Waals surface area contributed by atoms with Crippen LogP contribution in [0.5, 0.6) is 11.5 Å². The SMILES string of the molecule is COc1ccc(OCCNC2(C)CCC2)cc1. The first-order chi connectivity index (χ1) is 8.22. The highest BCUT2D eigenvalue weighted by Gasteiger charge is 2.30. The molecule has 0 atom stereocenters. The summed E-state index contributed by atoms with van der Waals surface area (Å²) in [5, 5.41) is 3.54. The van der Waals surface area contributed by atoms with Gasteiger partial charge in [-0.1, -0.05) is 0 Å². The normalized spacial score (nSPS) is 17.3. The molecule has 1 aliphatic carbocycles. The lowest BCUT2D eigenvalue weighted by molar-refractivity contribution is 0.192. The van der Waals surface area contributed by atoms with Crippen LogP contribution in [0.1, 0.15) is 26.2 Å². The summed E-state index contributed by atoms with van der Waals surface area (Å²) in [6.07, 6.45) is 3.92. The highest BCUT2D eigenvalue weighted by atomic mass is 16.5. The second kappa shape index (κ2) is 5.41. The third-order valence-corrected chi connectivity index (χ3v) is 3.44. The third kappa shape index (κ3) is 3.37. The minimum absolute atomic E-state index is 0.364. The smallest absolute Gasteiger partial charge is 0.119 e. The highest BCUT2D eigenvalue weighted by molar-refractivity contribution is 5.31. The summed E-state index contributed by atoms with van der Waals surface area (Å²) in [7, 11) is 1.67. The van der Waals surface area contributed by atoms with Gasteiger partial charge in [0, 0.05) is 12.1 Å². The minimum atomic E-state index is 0.364. The molecule has 0 aliphatic heterocycles. The summed E-state index contributed by atoms with van der Waals surface area (Å²) in [4.78, 5) is 0. The topological polar surface area (TPSA) is 30.5 Å². The summed E-state index contributed by atoms with van der Waals surface area (Å²) < 4.78 is 10.7. The molecule has 0 saturated heterocycles. The Kier molecular flexibility index (Phi) is 3.89. The fourth-order valence-corrected chi connectivity index (χ4v) is 2.08. The Hall–Kier alpha value is -1.22. The van der Waals surface area contributed by atoms with Crippen molar-refractivity contribution in [3.8, 4) is 11.5 Å². The van der Waals surface area contributed by atoms with Crippen molar-refractivity contribution in [3.05, 3.63) is 24.3 Å². The van der Waals surface area contributed by atoms with Gasteiger partial charge in [0.2, 0.25) is 0 Å². The van der Waals surface area contributed by atoms with Crippen LogP contribution in [-0.2, 0) is 0 Å². The molecule has 0 spiro atoms. The summed E-state index contributed by atoms with van der Waals surface area (Å²) in [6, 6.07) is 7.69. The molecular weight excluding hydrogens is 214 g/mol. The summed E-state index contributed by atoms with van der Waals surface area (Å²) in [5.41, 5.74) is 0.364. The molecule has 0 aromatic heterocycles. The van der Waals surface area contributed by atoms with Gasteiger partial charge in [0.05, 0.1) is 7.11 Å². The van der Waals surface area contributed by atoms with Gasteiger partial charge in [-0.3, -0.25) is 0 Å². The Morgan fingerprint density at radius 3 is 2.35 bits per heavy atom. The van der Waals surface area contributed by atoms with E-state index in [-0.39, 0.29) is 0 Å². The van der Waals surface area contributed by atoms with E-state index < -0.39 is 0 Å². The largest absolute Gasteiger partial charge is 0.497 e. The van der Waals surface area contributed by atoms with E-state index in [4.69, 9.17) is 9.47 Å². The van der Waals surface area contributed by atoms with Gasteiger partial charge >= 0.3 is 0 Å². The van der Waals surface area contributed by atoms with Gasteiger partial charge in [-0.15, -0.1) is 0 Å². The Labute approximate surface area is 103 Å². The van der Waals surface area contributed by atoms with Crippen LogP contribution >= 0.6 is 0 Å². The lowest BCUT2D eigenvalue weighted by atomic mass is 9.78. The molecule has 0 bridgehead atoms. The number of hydrogen-bond donors (Lipinski definition) is 1. The van der Waals surface area contributed by atoms with E-state index in [9.17, 15) is 0 Å². The van der Waals surface area contributed by atoms with E-state index in [1.807, 2.05) is 24.3 Å². The molecular formula is C14H21NO2. The van der Waals surface area contributed by atoms with Crippen LogP contribution in [-0.4, -0.2) is 25.8 Å². The number of hydrogen-bond acceptors (Lipinski definition) is 3. The lowest BCUT2D eigenvalue weighted by Gasteiger charge is -2.39. The molecule has 1 aromatic carbocycles. The molecule has 0 amide bonds. The third-order valence-electron chi connectivity index (χ3n) is 3.44. The van der Waals surface area contributed by atoms with Crippen molar-refractivity contribution < 1.29 is 9.47 Å². The van der Waals surface area contributed by atoms with Crippen molar-refractivity contribution in [3.63, 3.8) is 0 Å². The number of rotatable bonds is 6. The molecule has 94 valence electrons. The van der Waals surface area contributed by atoms with E-state index in [0.717, 1.165) is 18.0 Å². The predicted octanol–water partition coefficient (Wildman–Crippen LogP) is 2.61. The summed E-state index contributed by atoms with van der Waals surface area (Å²) in [5.74, 6) is 1.75. The first-order valence-electron chi connectivity index (χ1n) is 6.24. The number of methoxy groups -OCH3 is 1. The second-order valence-electron chi connectivity index (χ2n) is 4.86. The predicted molar refractivity (Wildman–Crippen MR) is 68.7 cm³/mol. The van der Waals surface area contributed by atoms with Crippen LogP contribution in [0.3, 0.4) is 0 Å². The Balaban J connectivity index is 1.67. The van der Waals surface area contributed by atoms with E-state index in [0.29, 0.717) is 12.1 Å². The summed E-state index contributed by atoms with van der Waals surface area (Å²) in [6.45, 7) is 3.90. The van der Waals surface area contributed by atoms with Gasteiger partial charge in [-0.25, -0.2) is 0 Å². The van der Waals surface area contributed by atoms with Crippen LogP contribution in [0.15, 0.2) is 24.3 Å². The van der Waals surface area contributed by atoms with Gasteiger partial charge in [0.15, 0.2) is 0 Å². The molecule has 1 saturated carbocycles. The zero-order chi connectivity index (χ0) is 12.1. The van der Waals surface area contributed by atoms with Crippen molar-refractivity contribution in [2.24, 2.45) is 0 Å². The van der Waals surface area contributed by atoms with Crippen LogP contribution < -0.4 is 14.8 Å². The Bertz CT molecular complexity index is 344. The molecule has 0 radical (unpaired) electrons. The number of benzene rings is 1. The summed E-state index contributed by atoms with van der Waals surface area (Å²) >= 11 is 0. The van der Waals surface area contributed by atoms with Gasteiger partial charge in [0.25, 0.3) is 0 Å². The van der Waals surface area contributed by atoms with Crippen LogP contribution in [0, 0.1) is 0 Å². The molecule has 1 fully saturated rings. The van der Waals surface area contributed by atoms with Crippen molar-refractivity contribution in [1.29, 1.82) is 0 Å². The highest BCUT2D eigenvalue weighted by Crippen LogP contribution is 2.30. The maximum Gasteiger partial charge on any atom is 0.119 e. The number of nitrogens with one attached hydrogen (secondary N) is 1. The molecule has 1 N–H and O–H groups in total. The Morgan fingerprint density at radius 2 is 1.82 bits per heavy atom. The lowest BCUT2D eigenvalue weighted by Crippen LogP contribution is -2.49. The molecule has 1 aromatic rings. The van der Waals surface area contributed by atoms with Crippen LogP contribution in [0.4, 0.5) is 0 Å². The average molecular weight is 235 g/mol. The molecule has 3 heteroatoms. The van der Waals surface area contributed by atoms with Crippen LogP contribution in [0.2, 0.25) is 0 Å². The number of ether oxygens (including phenoxy) is 2. The minimum Gasteiger partial charge on any atom is -0.497 e. The molecule has 1 aliphatic rings. The molecule has 2 rings (SSSR count). The zero-order valence-corrected chi connectivity index (χ0v) is 10.7. The van der Waals surface area contributed by atoms with Gasteiger partial charge in [-0.2, -0.15) is 0 Å². The monoisotopic (exact) mass is 235 g/mol. The van der Waals surface area contributed by atoms with Crippen molar-refractivity contribution in [2.75, 3.05) is 20.3 Å². The fourth-order valence-electron chi connectivity index (χ4n) is 2.08. The fraction of sp³-hybridized carbons (Fsp3) is 0.571. The van der Waals surface area contributed by atoms with Crippen molar-refractivity contribution >= 4 is 0 Å². The maximum atomic E-state index is 5.65. The van der Waals surface area contributed by atoms with E-state index in [1.54, 1.807) is 7.11 Å². The molecule has 0 heterocycles. The quantitative estimate of drug-likeness (QED) is 0.769. The standard InChI is InChI=1S/C14H21NO2/c1-14(8-3-9-14)15-10-11-17-13-6-4-12(16-2)5-7-13/h4-7,15H,3,8-11H2,1-2H3. The average Bonchev–Trinajstić information content (AvgIpc) is 2.33. The van der Waals surface area contributed by atoms with E-state index in [1.165, 1.54) is 19.3 Å². The van der Waals surface area contributed by atoms with Crippen molar-refractivity contribution in [1.82, 2.24) is 5.32 Å². The molecule has 3 nitrogen and oxygen atoms in total. The van der Waals surface area contributed by atoms with Gasteiger partial charge < -0.3 is 14.8 Å². The zero-order valence-electron chi connectivity index (χ0n) is 10.7. The second-order valence-corrected chi connectivity index (χ2v) is 4.86. The first kappa shape index (κ1) is 12.2.